The molecule has 2 fully saturated rings. The first-order chi connectivity index (χ1) is 10.7. The van der Waals surface area contributed by atoms with E-state index in [-0.39, 0.29) is 6.04 Å². The van der Waals surface area contributed by atoms with Gasteiger partial charge in [-0.3, -0.25) is 4.98 Å². The SMILES string of the molecule is O=S(=O)(c1ccc2cnccc2c1)N1CCC2CCNCC21. The van der Waals surface area contributed by atoms with Gasteiger partial charge in [0.15, 0.2) is 0 Å². The molecule has 1 N–H and O–H groups in total. The van der Waals surface area contributed by atoms with E-state index in [4.69, 9.17) is 0 Å². The van der Waals surface area contributed by atoms with Gasteiger partial charge in [-0.15, -0.1) is 0 Å². The van der Waals surface area contributed by atoms with Crippen molar-refractivity contribution in [2.24, 2.45) is 5.92 Å². The lowest BCUT2D eigenvalue weighted by Crippen LogP contribution is -2.47. The first-order valence-electron chi connectivity index (χ1n) is 7.72. The minimum atomic E-state index is -3.43. The molecule has 2 aliphatic heterocycles. The van der Waals surface area contributed by atoms with E-state index in [0.717, 1.165) is 36.7 Å². The van der Waals surface area contributed by atoms with E-state index in [9.17, 15) is 8.42 Å². The molecule has 0 bridgehead atoms. The van der Waals surface area contributed by atoms with Crippen molar-refractivity contribution in [1.29, 1.82) is 0 Å². The van der Waals surface area contributed by atoms with Crippen LogP contribution >= 0.6 is 0 Å². The molecule has 0 radical (unpaired) electrons. The topological polar surface area (TPSA) is 62.3 Å². The van der Waals surface area contributed by atoms with Gasteiger partial charge in [-0.2, -0.15) is 4.31 Å². The maximum atomic E-state index is 13.0. The molecule has 2 aliphatic rings. The van der Waals surface area contributed by atoms with Crippen LogP contribution in [0.3, 0.4) is 0 Å². The van der Waals surface area contributed by atoms with Crippen molar-refractivity contribution >= 4 is 20.8 Å². The van der Waals surface area contributed by atoms with Gasteiger partial charge in [0.2, 0.25) is 10.0 Å². The molecule has 1 aromatic carbocycles. The maximum Gasteiger partial charge on any atom is 0.243 e. The van der Waals surface area contributed by atoms with E-state index in [1.54, 1.807) is 28.8 Å². The van der Waals surface area contributed by atoms with Crippen LogP contribution in [0.25, 0.3) is 10.8 Å². The molecule has 0 spiro atoms. The molecular weight excluding hydrogens is 298 g/mol. The Hall–Kier alpha value is -1.50. The molecule has 4 rings (SSSR count). The minimum Gasteiger partial charge on any atom is -0.315 e. The number of hydrogen-bond donors (Lipinski definition) is 1. The number of pyridine rings is 1. The monoisotopic (exact) mass is 317 g/mol. The van der Waals surface area contributed by atoms with Gasteiger partial charge in [0.1, 0.15) is 0 Å². The van der Waals surface area contributed by atoms with E-state index in [1.807, 2.05) is 12.1 Å². The Balaban J connectivity index is 1.72. The number of benzene rings is 1. The van der Waals surface area contributed by atoms with Crippen LogP contribution in [0.2, 0.25) is 0 Å². The number of fused-ring (bicyclic) bond motifs is 2. The Kier molecular flexibility index (Phi) is 3.40. The second kappa shape index (κ2) is 5.30. The summed E-state index contributed by atoms with van der Waals surface area (Å²) >= 11 is 0. The molecule has 6 heteroatoms. The molecule has 0 saturated carbocycles. The molecule has 5 nitrogen and oxygen atoms in total. The highest BCUT2D eigenvalue weighted by molar-refractivity contribution is 7.89. The lowest BCUT2D eigenvalue weighted by atomic mass is 9.94. The summed E-state index contributed by atoms with van der Waals surface area (Å²) in [5, 5.41) is 5.19. The smallest absolute Gasteiger partial charge is 0.243 e. The van der Waals surface area contributed by atoms with Gasteiger partial charge < -0.3 is 5.32 Å². The van der Waals surface area contributed by atoms with Gasteiger partial charge in [0, 0.05) is 36.9 Å². The van der Waals surface area contributed by atoms with Crippen molar-refractivity contribution in [2.75, 3.05) is 19.6 Å². The molecule has 0 amide bonds. The standard InChI is InChI=1S/C16H19N3O2S/c20-22(21,19-8-5-12-3-6-18-11-16(12)19)15-2-1-14-10-17-7-4-13(14)9-15/h1-2,4,7,9-10,12,16,18H,3,5-6,8,11H2. The third kappa shape index (κ3) is 2.22. The van der Waals surface area contributed by atoms with E-state index in [2.05, 4.69) is 10.3 Å². The van der Waals surface area contributed by atoms with Crippen molar-refractivity contribution in [2.45, 2.75) is 23.8 Å². The Morgan fingerprint density at radius 1 is 1.18 bits per heavy atom. The molecule has 3 heterocycles. The zero-order valence-electron chi connectivity index (χ0n) is 12.3. The van der Waals surface area contributed by atoms with Crippen LogP contribution in [0.1, 0.15) is 12.8 Å². The average Bonchev–Trinajstić information content (AvgIpc) is 2.99. The molecule has 22 heavy (non-hydrogen) atoms. The van der Waals surface area contributed by atoms with Crippen LogP contribution in [0.5, 0.6) is 0 Å². The van der Waals surface area contributed by atoms with Gasteiger partial charge >= 0.3 is 0 Å². The largest absolute Gasteiger partial charge is 0.315 e. The molecule has 2 aromatic rings. The van der Waals surface area contributed by atoms with Crippen molar-refractivity contribution in [3.63, 3.8) is 0 Å². The highest BCUT2D eigenvalue weighted by Gasteiger charge is 2.42. The lowest BCUT2D eigenvalue weighted by molar-refractivity contribution is 0.276. The Morgan fingerprint density at radius 3 is 3.00 bits per heavy atom. The van der Waals surface area contributed by atoms with Crippen LogP contribution in [-0.2, 0) is 10.0 Å². The Labute approximate surface area is 130 Å². The fourth-order valence-corrected chi connectivity index (χ4v) is 5.42. The second-order valence-corrected chi connectivity index (χ2v) is 8.00. The molecule has 0 aliphatic carbocycles. The second-order valence-electron chi connectivity index (χ2n) is 6.11. The van der Waals surface area contributed by atoms with Crippen molar-refractivity contribution in [3.05, 3.63) is 36.7 Å². The maximum absolute atomic E-state index is 13.0. The molecule has 2 unspecified atom stereocenters. The zero-order valence-corrected chi connectivity index (χ0v) is 13.1. The van der Waals surface area contributed by atoms with E-state index < -0.39 is 10.0 Å². The molecule has 2 saturated heterocycles. The number of sulfonamides is 1. The Bertz CT molecular complexity index is 806. The van der Waals surface area contributed by atoms with E-state index >= 15 is 0 Å². The van der Waals surface area contributed by atoms with Crippen LogP contribution < -0.4 is 5.32 Å². The summed E-state index contributed by atoms with van der Waals surface area (Å²) in [6.45, 7) is 2.40. The average molecular weight is 317 g/mol. The summed E-state index contributed by atoms with van der Waals surface area (Å²) < 4.78 is 27.7. The molecule has 2 atom stereocenters. The van der Waals surface area contributed by atoms with Crippen LogP contribution in [0.4, 0.5) is 0 Å². The van der Waals surface area contributed by atoms with Gasteiger partial charge in [0.05, 0.1) is 4.90 Å². The fraction of sp³-hybridized carbons (Fsp3) is 0.438. The van der Waals surface area contributed by atoms with E-state index in [0.29, 0.717) is 17.4 Å². The predicted octanol–water partition coefficient (Wildman–Crippen LogP) is 1.61. The number of nitrogens with one attached hydrogen (secondary N) is 1. The van der Waals surface area contributed by atoms with Crippen molar-refractivity contribution < 1.29 is 8.42 Å². The van der Waals surface area contributed by atoms with Crippen molar-refractivity contribution in [3.8, 4) is 0 Å². The highest BCUT2D eigenvalue weighted by Crippen LogP contribution is 2.34. The number of piperidine rings is 1. The van der Waals surface area contributed by atoms with Gasteiger partial charge in [-0.1, -0.05) is 6.07 Å². The Morgan fingerprint density at radius 2 is 2.09 bits per heavy atom. The summed E-state index contributed by atoms with van der Waals surface area (Å²) in [4.78, 5) is 4.45. The fourth-order valence-electron chi connectivity index (χ4n) is 3.68. The first kappa shape index (κ1) is 14.1. The zero-order chi connectivity index (χ0) is 15.2. The summed E-state index contributed by atoms with van der Waals surface area (Å²) in [5.41, 5.74) is 0. The van der Waals surface area contributed by atoms with Gasteiger partial charge in [-0.05, 0) is 48.9 Å². The minimum absolute atomic E-state index is 0.104. The van der Waals surface area contributed by atoms with Crippen molar-refractivity contribution in [1.82, 2.24) is 14.6 Å². The highest BCUT2D eigenvalue weighted by atomic mass is 32.2. The van der Waals surface area contributed by atoms with Crippen LogP contribution in [0.15, 0.2) is 41.6 Å². The van der Waals surface area contributed by atoms with Crippen LogP contribution in [0, 0.1) is 5.92 Å². The van der Waals surface area contributed by atoms with E-state index in [1.165, 1.54) is 0 Å². The lowest BCUT2D eigenvalue weighted by Gasteiger charge is -2.31. The summed E-state index contributed by atoms with van der Waals surface area (Å²) in [6.07, 6.45) is 5.49. The predicted molar refractivity (Wildman–Crippen MR) is 85.0 cm³/mol. The third-order valence-corrected chi connectivity index (χ3v) is 6.82. The summed E-state index contributed by atoms with van der Waals surface area (Å²) in [5.74, 6) is 0.501. The third-order valence-electron chi connectivity index (χ3n) is 4.90. The van der Waals surface area contributed by atoms with Gasteiger partial charge in [0.25, 0.3) is 0 Å². The quantitative estimate of drug-likeness (QED) is 0.914. The first-order valence-corrected chi connectivity index (χ1v) is 9.16. The molecular formula is C16H19N3O2S. The molecule has 116 valence electrons. The number of aromatic nitrogens is 1. The van der Waals surface area contributed by atoms with Gasteiger partial charge in [-0.25, -0.2) is 8.42 Å². The number of nitrogens with zero attached hydrogens (tertiary/aromatic N) is 2. The van der Waals surface area contributed by atoms with Crippen LogP contribution in [-0.4, -0.2) is 43.4 Å². The normalized spacial score (nSPS) is 26.2. The molecule has 1 aromatic heterocycles. The number of hydrogen-bond acceptors (Lipinski definition) is 4. The number of rotatable bonds is 2. The summed E-state index contributed by atoms with van der Waals surface area (Å²) in [6, 6.07) is 7.25. The summed E-state index contributed by atoms with van der Waals surface area (Å²) in [7, 11) is -3.43.